The van der Waals surface area contributed by atoms with Gasteiger partial charge in [-0.3, -0.25) is 9.59 Å². The van der Waals surface area contributed by atoms with E-state index in [-0.39, 0.29) is 18.5 Å². The molecule has 4 nitrogen and oxygen atoms in total. The Labute approximate surface area is 108 Å². The van der Waals surface area contributed by atoms with Crippen molar-refractivity contribution in [2.75, 3.05) is 6.61 Å². The Morgan fingerprint density at radius 1 is 1.67 bits per heavy atom. The van der Waals surface area contributed by atoms with Crippen LogP contribution in [-0.2, 0) is 14.3 Å². The van der Waals surface area contributed by atoms with Gasteiger partial charge in [-0.15, -0.1) is 0 Å². The van der Waals surface area contributed by atoms with Gasteiger partial charge in [0.05, 0.1) is 12.5 Å². The van der Waals surface area contributed by atoms with Gasteiger partial charge in [-0.2, -0.15) is 0 Å². The fraction of sp³-hybridized carbons (Fsp3) is 0.714. The van der Waals surface area contributed by atoms with E-state index in [1.807, 2.05) is 13.0 Å². The molecule has 1 rings (SSSR count). The van der Waals surface area contributed by atoms with E-state index in [4.69, 9.17) is 4.74 Å². The van der Waals surface area contributed by atoms with Gasteiger partial charge in [0.25, 0.3) is 0 Å². The molecule has 0 fully saturated rings. The maximum atomic E-state index is 11.9. The van der Waals surface area contributed by atoms with Crippen molar-refractivity contribution in [1.29, 1.82) is 0 Å². The van der Waals surface area contributed by atoms with Crippen molar-refractivity contribution in [3.05, 3.63) is 11.6 Å². The third kappa shape index (κ3) is 3.67. The number of hydrogen-bond acceptors (Lipinski definition) is 4. The maximum absolute atomic E-state index is 11.9. The number of aliphatic hydroxyl groups excluding tert-OH is 1. The van der Waals surface area contributed by atoms with Crippen molar-refractivity contribution in [2.24, 2.45) is 11.3 Å². The molecule has 4 heteroatoms. The molecule has 2 atom stereocenters. The van der Waals surface area contributed by atoms with E-state index >= 15 is 0 Å². The SMILES string of the molecule is CC1=CC[C@@H](C(=O)OC(C=O)C(C)(C)CO)CC1. The topological polar surface area (TPSA) is 63.6 Å². The van der Waals surface area contributed by atoms with E-state index < -0.39 is 11.5 Å². The summed E-state index contributed by atoms with van der Waals surface area (Å²) in [5, 5.41) is 9.19. The Kier molecular flexibility index (Phi) is 5.08. The molecule has 0 heterocycles. The number of carbonyl (C=O) groups is 2. The van der Waals surface area contributed by atoms with Crippen LogP contribution in [0.5, 0.6) is 0 Å². The van der Waals surface area contributed by atoms with Crippen LogP contribution in [0.25, 0.3) is 0 Å². The zero-order chi connectivity index (χ0) is 13.8. The van der Waals surface area contributed by atoms with Crippen molar-refractivity contribution in [3.8, 4) is 0 Å². The third-order valence-corrected chi connectivity index (χ3v) is 3.52. The number of carbonyl (C=O) groups excluding carboxylic acids is 2. The second kappa shape index (κ2) is 6.14. The molecule has 1 aliphatic rings. The molecule has 1 N–H and O–H groups in total. The molecule has 0 saturated carbocycles. The summed E-state index contributed by atoms with van der Waals surface area (Å²) in [6.07, 6.45) is 4.10. The van der Waals surface area contributed by atoms with Crippen LogP contribution >= 0.6 is 0 Å². The normalized spacial score (nSPS) is 22.0. The summed E-state index contributed by atoms with van der Waals surface area (Å²) in [6, 6.07) is 0. The lowest BCUT2D eigenvalue weighted by atomic mass is 9.87. The standard InChI is InChI=1S/C14H22O4/c1-10-4-6-11(7-5-10)13(17)18-12(8-15)14(2,3)9-16/h4,8,11-12,16H,5-7,9H2,1-3H3/t11-,12?/m1/s1. The molecule has 0 spiro atoms. The number of rotatable bonds is 5. The summed E-state index contributed by atoms with van der Waals surface area (Å²) in [5.74, 6) is -0.497. The number of allylic oxidation sites excluding steroid dienone is 2. The lowest BCUT2D eigenvalue weighted by Gasteiger charge is -2.29. The van der Waals surface area contributed by atoms with Crippen LogP contribution in [0, 0.1) is 11.3 Å². The van der Waals surface area contributed by atoms with Gasteiger partial charge in [0, 0.05) is 5.41 Å². The first kappa shape index (κ1) is 14.9. The molecule has 1 aliphatic carbocycles. The molecule has 0 aromatic rings. The zero-order valence-electron chi connectivity index (χ0n) is 11.3. The minimum absolute atomic E-state index is 0.161. The fourth-order valence-corrected chi connectivity index (χ4v) is 1.86. The number of hydrogen-bond donors (Lipinski definition) is 1. The minimum atomic E-state index is -0.887. The average Bonchev–Trinajstić information content (AvgIpc) is 2.36. The Balaban J connectivity index is 2.61. The van der Waals surface area contributed by atoms with Gasteiger partial charge in [0.1, 0.15) is 0 Å². The first-order valence-corrected chi connectivity index (χ1v) is 6.33. The molecule has 18 heavy (non-hydrogen) atoms. The molecule has 0 aliphatic heterocycles. The molecule has 0 amide bonds. The Bertz CT molecular complexity index is 344. The van der Waals surface area contributed by atoms with Crippen molar-refractivity contribution < 1.29 is 19.4 Å². The summed E-state index contributed by atoms with van der Waals surface area (Å²) in [6.45, 7) is 5.24. The van der Waals surface area contributed by atoms with Crippen molar-refractivity contribution in [1.82, 2.24) is 0 Å². The van der Waals surface area contributed by atoms with Crippen molar-refractivity contribution in [3.63, 3.8) is 0 Å². The maximum Gasteiger partial charge on any atom is 0.309 e. The highest BCUT2D eigenvalue weighted by atomic mass is 16.5. The van der Waals surface area contributed by atoms with Crippen LogP contribution in [0.2, 0.25) is 0 Å². The molecule has 0 bridgehead atoms. The zero-order valence-corrected chi connectivity index (χ0v) is 11.3. The number of ether oxygens (including phenoxy) is 1. The predicted molar refractivity (Wildman–Crippen MR) is 67.9 cm³/mol. The van der Waals surface area contributed by atoms with Gasteiger partial charge < -0.3 is 9.84 Å². The minimum Gasteiger partial charge on any atom is -0.454 e. The summed E-state index contributed by atoms with van der Waals surface area (Å²) in [5.41, 5.74) is 0.555. The fourth-order valence-electron chi connectivity index (χ4n) is 1.86. The van der Waals surface area contributed by atoms with E-state index in [1.165, 1.54) is 5.57 Å². The Hall–Kier alpha value is -1.16. The summed E-state index contributed by atoms with van der Waals surface area (Å²) in [7, 11) is 0. The first-order valence-electron chi connectivity index (χ1n) is 6.33. The number of aldehydes is 1. The van der Waals surface area contributed by atoms with Gasteiger partial charge in [-0.25, -0.2) is 0 Å². The van der Waals surface area contributed by atoms with Crippen LogP contribution in [0.3, 0.4) is 0 Å². The Morgan fingerprint density at radius 2 is 2.33 bits per heavy atom. The monoisotopic (exact) mass is 254 g/mol. The second-order valence-corrected chi connectivity index (χ2v) is 5.66. The lowest BCUT2D eigenvalue weighted by molar-refractivity contribution is -0.164. The molecule has 1 unspecified atom stereocenters. The van der Waals surface area contributed by atoms with Crippen LogP contribution in [0.1, 0.15) is 40.0 Å². The molecule has 0 radical (unpaired) electrons. The Morgan fingerprint density at radius 3 is 2.78 bits per heavy atom. The summed E-state index contributed by atoms with van der Waals surface area (Å²) < 4.78 is 5.23. The number of esters is 1. The van der Waals surface area contributed by atoms with Gasteiger partial charge in [-0.1, -0.05) is 25.5 Å². The predicted octanol–water partition coefficient (Wildman–Crippen LogP) is 1.86. The molecule has 0 saturated heterocycles. The lowest BCUT2D eigenvalue weighted by Crippen LogP contribution is -2.39. The smallest absolute Gasteiger partial charge is 0.309 e. The van der Waals surface area contributed by atoms with Crippen LogP contribution in [-0.4, -0.2) is 30.1 Å². The average molecular weight is 254 g/mol. The van der Waals surface area contributed by atoms with E-state index in [1.54, 1.807) is 13.8 Å². The molecule has 0 aromatic carbocycles. The quantitative estimate of drug-likeness (QED) is 0.462. The van der Waals surface area contributed by atoms with Gasteiger partial charge in [-0.05, 0) is 26.2 Å². The molecule has 0 aromatic heterocycles. The molecular formula is C14H22O4. The summed E-state index contributed by atoms with van der Waals surface area (Å²) in [4.78, 5) is 22.9. The van der Waals surface area contributed by atoms with E-state index in [9.17, 15) is 14.7 Å². The van der Waals surface area contributed by atoms with Crippen LogP contribution in [0.15, 0.2) is 11.6 Å². The highest BCUT2D eigenvalue weighted by Gasteiger charge is 2.34. The summed E-state index contributed by atoms with van der Waals surface area (Å²) >= 11 is 0. The second-order valence-electron chi connectivity index (χ2n) is 5.66. The molecular weight excluding hydrogens is 232 g/mol. The highest BCUT2D eigenvalue weighted by molar-refractivity contribution is 5.75. The largest absolute Gasteiger partial charge is 0.454 e. The van der Waals surface area contributed by atoms with Crippen molar-refractivity contribution in [2.45, 2.75) is 46.1 Å². The van der Waals surface area contributed by atoms with Crippen LogP contribution in [0.4, 0.5) is 0 Å². The van der Waals surface area contributed by atoms with E-state index in [0.29, 0.717) is 12.7 Å². The van der Waals surface area contributed by atoms with Crippen molar-refractivity contribution >= 4 is 12.3 Å². The van der Waals surface area contributed by atoms with Gasteiger partial charge >= 0.3 is 5.97 Å². The third-order valence-electron chi connectivity index (χ3n) is 3.52. The first-order chi connectivity index (χ1) is 8.40. The highest BCUT2D eigenvalue weighted by Crippen LogP contribution is 2.27. The number of aliphatic hydroxyl groups is 1. The molecule has 102 valence electrons. The van der Waals surface area contributed by atoms with Crippen LogP contribution < -0.4 is 0 Å². The van der Waals surface area contributed by atoms with E-state index in [0.717, 1.165) is 12.8 Å². The van der Waals surface area contributed by atoms with Gasteiger partial charge in [0.2, 0.25) is 0 Å². The van der Waals surface area contributed by atoms with Gasteiger partial charge in [0.15, 0.2) is 12.4 Å². The van der Waals surface area contributed by atoms with E-state index in [2.05, 4.69) is 0 Å².